The number of hydrogen-bond donors (Lipinski definition) is 2. The molecule has 23 heavy (non-hydrogen) atoms. The maximum absolute atomic E-state index is 12.6. The van der Waals surface area contributed by atoms with Crippen molar-refractivity contribution in [3.05, 3.63) is 28.9 Å². The smallest absolute Gasteiger partial charge is 0.271 e. The molecule has 2 heterocycles. The average molecular weight is 336 g/mol. The van der Waals surface area contributed by atoms with E-state index in [-0.39, 0.29) is 5.91 Å². The molecule has 0 aliphatic carbocycles. The first kappa shape index (κ1) is 16.1. The van der Waals surface area contributed by atoms with Crippen LogP contribution in [0, 0.1) is 0 Å². The number of aromatic nitrogens is 1. The molecule has 1 aliphatic heterocycles. The van der Waals surface area contributed by atoms with E-state index in [4.69, 9.17) is 16.3 Å². The van der Waals surface area contributed by atoms with Crippen molar-refractivity contribution >= 4 is 28.4 Å². The van der Waals surface area contributed by atoms with Crippen molar-refractivity contribution in [2.75, 3.05) is 26.7 Å². The maximum Gasteiger partial charge on any atom is 0.271 e. The Morgan fingerprint density at radius 3 is 3.09 bits per heavy atom. The molecule has 1 atom stereocenters. The van der Waals surface area contributed by atoms with E-state index >= 15 is 0 Å². The van der Waals surface area contributed by atoms with Crippen molar-refractivity contribution in [2.24, 2.45) is 0 Å². The summed E-state index contributed by atoms with van der Waals surface area (Å²) in [7, 11) is 1.57. The van der Waals surface area contributed by atoms with Crippen molar-refractivity contribution in [3.63, 3.8) is 0 Å². The Balaban J connectivity index is 1.78. The summed E-state index contributed by atoms with van der Waals surface area (Å²) in [6.07, 6.45) is 2.33. The van der Waals surface area contributed by atoms with Gasteiger partial charge in [0.25, 0.3) is 5.91 Å². The van der Waals surface area contributed by atoms with Crippen LogP contribution in [0.3, 0.4) is 0 Å². The fourth-order valence-corrected chi connectivity index (χ4v) is 3.52. The van der Waals surface area contributed by atoms with E-state index in [9.17, 15) is 4.79 Å². The first-order valence-electron chi connectivity index (χ1n) is 8.01. The van der Waals surface area contributed by atoms with Gasteiger partial charge in [0.05, 0.1) is 7.11 Å². The van der Waals surface area contributed by atoms with Gasteiger partial charge in [-0.15, -0.1) is 0 Å². The Morgan fingerprint density at radius 1 is 1.52 bits per heavy atom. The molecule has 0 radical (unpaired) electrons. The highest BCUT2D eigenvalue weighted by Gasteiger charge is 2.25. The van der Waals surface area contributed by atoms with Crippen LogP contribution < -0.4 is 10.1 Å². The summed E-state index contributed by atoms with van der Waals surface area (Å²) in [5.74, 6) is 0.399. The van der Waals surface area contributed by atoms with Gasteiger partial charge in [0.1, 0.15) is 5.69 Å². The molecule has 1 fully saturated rings. The second-order valence-electron chi connectivity index (χ2n) is 5.86. The maximum atomic E-state index is 12.6. The minimum atomic E-state index is -0.142. The number of likely N-dealkylation sites (N-methyl/N-ethyl adjacent to an activating group) is 1. The lowest BCUT2D eigenvalue weighted by molar-refractivity contribution is 0.0934. The Labute approximate surface area is 140 Å². The van der Waals surface area contributed by atoms with Crippen LogP contribution in [0.15, 0.2) is 18.2 Å². The van der Waals surface area contributed by atoms with Gasteiger partial charge < -0.3 is 15.0 Å². The lowest BCUT2D eigenvalue weighted by Gasteiger charge is -2.22. The lowest BCUT2D eigenvalue weighted by Crippen LogP contribution is -2.40. The summed E-state index contributed by atoms with van der Waals surface area (Å²) in [6, 6.07) is 5.87. The number of nitrogens with one attached hydrogen (secondary N) is 2. The number of nitrogens with zero attached hydrogens (tertiary/aromatic N) is 1. The van der Waals surface area contributed by atoms with Gasteiger partial charge >= 0.3 is 0 Å². The highest BCUT2D eigenvalue weighted by molar-refractivity contribution is 6.31. The minimum absolute atomic E-state index is 0.142. The van der Waals surface area contributed by atoms with Crippen molar-refractivity contribution in [2.45, 2.75) is 25.8 Å². The predicted octanol–water partition coefficient (Wildman–Crippen LogP) is 3.04. The number of carbonyl (C=O) groups excluding carboxylic acids is 1. The van der Waals surface area contributed by atoms with Crippen molar-refractivity contribution in [1.82, 2.24) is 15.2 Å². The number of benzene rings is 1. The molecule has 2 N–H and O–H groups in total. The summed E-state index contributed by atoms with van der Waals surface area (Å²) in [6.45, 7) is 4.95. The minimum Gasteiger partial charge on any atom is -0.494 e. The molecule has 1 saturated heterocycles. The summed E-state index contributed by atoms with van der Waals surface area (Å²) >= 11 is 6.04. The number of methoxy groups -OCH3 is 1. The van der Waals surface area contributed by atoms with Crippen LogP contribution in [0.4, 0.5) is 0 Å². The number of hydrogen-bond acceptors (Lipinski definition) is 3. The quantitative estimate of drug-likeness (QED) is 0.883. The summed E-state index contributed by atoms with van der Waals surface area (Å²) in [4.78, 5) is 18.1. The summed E-state index contributed by atoms with van der Waals surface area (Å²) in [5.41, 5.74) is 1.29. The SMILES string of the molecule is CCN1CCCC1CNC(=O)c1[nH]c2ccc(Cl)cc2c1OC. The zero-order valence-electron chi connectivity index (χ0n) is 13.5. The third-order valence-electron chi connectivity index (χ3n) is 4.55. The molecule has 6 heteroatoms. The van der Waals surface area contributed by atoms with Gasteiger partial charge in [-0.25, -0.2) is 0 Å². The third kappa shape index (κ3) is 3.16. The normalized spacial score (nSPS) is 18.5. The molecule has 0 spiro atoms. The first-order chi connectivity index (χ1) is 11.1. The van der Waals surface area contributed by atoms with Gasteiger partial charge in [0.2, 0.25) is 0 Å². The Bertz CT molecular complexity index is 713. The van der Waals surface area contributed by atoms with Crippen LogP contribution in [0.5, 0.6) is 5.75 Å². The molecule has 124 valence electrons. The molecule has 0 bridgehead atoms. The topological polar surface area (TPSA) is 57.4 Å². The first-order valence-corrected chi connectivity index (χ1v) is 8.39. The van der Waals surface area contributed by atoms with E-state index in [1.165, 1.54) is 6.42 Å². The number of fused-ring (bicyclic) bond motifs is 1. The van der Waals surface area contributed by atoms with Gasteiger partial charge in [0.15, 0.2) is 5.75 Å². The summed E-state index contributed by atoms with van der Waals surface area (Å²) < 4.78 is 5.43. The molecular weight excluding hydrogens is 314 g/mol. The molecule has 0 saturated carbocycles. The van der Waals surface area contributed by atoms with E-state index in [0.717, 1.165) is 30.4 Å². The van der Waals surface area contributed by atoms with E-state index in [1.54, 1.807) is 19.2 Å². The lowest BCUT2D eigenvalue weighted by atomic mass is 10.2. The van der Waals surface area contributed by atoms with Gasteiger partial charge in [-0.05, 0) is 44.1 Å². The second-order valence-corrected chi connectivity index (χ2v) is 6.29. The van der Waals surface area contributed by atoms with Crippen LogP contribution in [0.25, 0.3) is 10.9 Å². The predicted molar refractivity (Wildman–Crippen MR) is 92.5 cm³/mol. The average Bonchev–Trinajstić information content (AvgIpc) is 3.15. The zero-order chi connectivity index (χ0) is 16.4. The fraction of sp³-hybridized carbons (Fsp3) is 0.471. The van der Waals surface area contributed by atoms with Gasteiger partial charge in [0, 0.05) is 28.5 Å². The highest BCUT2D eigenvalue weighted by Crippen LogP contribution is 2.32. The fourth-order valence-electron chi connectivity index (χ4n) is 3.35. The number of carbonyl (C=O) groups is 1. The zero-order valence-corrected chi connectivity index (χ0v) is 14.2. The standard InChI is InChI=1S/C17H22ClN3O2/c1-3-21-8-4-5-12(21)10-19-17(22)15-16(23-2)13-9-11(18)6-7-14(13)20-15/h6-7,9,12,20H,3-5,8,10H2,1-2H3,(H,19,22). The highest BCUT2D eigenvalue weighted by atomic mass is 35.5. The van der Waals surface area contributed by atoms with Crippen LogP contribution >= 0.6 is 11.6 Å². The molecule has 1 amide bonds. The number of ether oxygens (including phenoxy) is 1. The van der Waals surface area contributed by atoms with Crippen LogP contribution in [-0.2, 0) is 0 Å². The Hall–Kier alpha value is -1.72. The van der Waals surface area contributed by atoms with Gasteiger partial charge in [-0.2, -0.15) is 0 Å². The monoisotopic (exact) mass is 335 g/mol. The number of aromatic amines is 1. The number of halogens is 1. The van der Waals surface area contributed by atoms with Crippen molar-refractivity contribution in [3.8, 4) is 5.75 Å². The second kappa shape index (κ2) is 6.81. The van der Waals surface area contributed by atoms with Gasteiger partial charge in [-0.1, -0.05) is 18.5 Å². The molecule has 1 aliphatic rings. The molecule has 1 aromatic heterocycles. The largest absolute Gasteiger partial charge is 0.494 e. The number of likely N-dealkylation sites (tertiary alicyclic amines) is 1. The molecule has 1 aromatic carbocycles. The Morgan fingerprint density at radius 2 is 2.35 bits per heavy atom. The van der Waals surface area contributed by atoms with Crippen LogP contribution in [0.1, 0.15) is 30.3 Å². The van der Waals surface area contributed by atoms with Crippen molar-refractivity contribution in [1.29, 1.82) is 0 Å². The van der Waals surface area contributed by atoms with Crippen LogP contribution in [-0.4, -0.2) is 48.6 Å². The molecular formula is C17H22ClN3O2. The third-order valence-corrected chi connectivity index (χ3v) is 4.78. The van der Waals surface area contributed by atoms with E-state index < -0.39 is 0 Å². The van der Waals surface area contributed by atoms with E-state index in [2.05, 4.69) is 22.1 Å². The van der Waals surface area contributed by atoms with E-state index in [0.29, 0.717) is 29.1 Å². The molecule has 1 unspecified atom stereocenters. The molecule has 5 nitrogen and oxygen atoms in total. The number of amides is 1. The number of rotatable bonds is 5. The molecule has 2 aromatic rings. The summed E-state index contributed by atoms with van der Waals surface area (Å²) in [5, 5.41) is 4.47. The van der Waals surface area contributed by atoms with Gasteiger partial charge in [-0.3, -0.25) is 9.69 Å². The van der Waals surface area contributed by atoms with Crippen molar-refractivity contribution < 1.29 is 9.53 Å². The molecule has 3 rings (SSSR count). The Kier molecular flexibility index (Phi) is 4.78. The number of H-pyrrole nitrogens is 1. The van der Waals surface area contributed by atoms with E-state index in [1.807, 2.05) is 6.07 Å². The van der Waals surface area contributed by atoms with Crippen LogP contribution in [0.2, 0.25) is 5.02 Å².